The smallest absolute Gasteiger partial charge is 0.351 e. The number of nitrogens with zero attached hydrogens (tertiary/aromatic N) is 8. The highest BCUT2D eigenvalue weighted by atomic mass is 35.5. The van der Waals surface area contributed by atoms with Gasteiger partial charge < -0.3 is 19.6 Å². The molecule has 0 saturated carbocycles. The summed E-state index contributed by atoms with van der Waals surface area (Å²) in [5.74, 6) is 1.58. The van der Waals surface area contributed by atoms with Crippen molar-refractivity contribution in [2.45, 2.75) is 17.6 Å². The minimum absolute atomic E-state index is 0.00431. The normalized spacial score (nSPS) is 18.6. The predicted octanol–water partition coefficient (Wildman–Crippen LogP) is 3.28. The molecule has 2 aromatic heterocycles. The van der Waals surface area contributed by atoms with Crippen LogP contribution in [0.25, 0.3) is 0 Å². The SMILES string of the molecule is CN1CCN(c2nsnc2Cl)CC1.CN1CCN(c2nsnc2SCCC(F)(F)F)CC1. The molecule has 0 spiro atoms. The van der Waals surface area contributed by atoms with E-state index < -0.39 is 12.6 Å². The van der Waals surface area contributed by atoms with E-state index in [0.717, 1.165) is 87.5 Å². The monoisotopic (exact) mass is 530 g/mol. The van der Waals surface area contributed by atoms with Crippen molar-refractivity contribution in [2.24, 2.45) is 0 Å². The van der Waals surface area contributed by atoms with Crippen LogP contribution in [0.2, 0.25) is 5.15 Å². The highest BCUT2D eigenvalue weighted by Crippen LogP contribution is 2.31. The molecule has 2 aliphatic heterocycles. The minimum atomic E-state index is -4.11. The van der Waals surface area contributed by atoms with Gasteiger partial charge in [-0.2, -0.15) is 30.7 Å². The molecule has 0 atom stereocenters. The summed E-state index contributed by atoms with van der Waals surface area (Å²) in [5, 5.41) is 1.16. The summed E-state index contributed by atoms with van der Waals surface area (Å²) < 4.78 is 52.8. The first-order chi connectivity index (χ1) is 15.2. The summed E-state index contributed by atoms with van der Waals surface area (Å²) >= 11 is 9.26. The van der Waals surface area contributed by atoms with Crippen LogP contribution in [0.3, 0.4) is 0 Å². The predicted molar refractivity (Wildman–Crippen MR) is 126 cm³/mol. The first-order valence-electron chi connectivity index (χ1n) is 10.1. The third-order valence-electron chi connectivity index (χ3n) is 5.11. The van der Waals surface area contributed by atoms with Gasteiger partial charge in [0.1, 0.15) is 0 Å². The molecule has 0 radical (unpaired) electrons. The molecule has 2 saturated heterocycles. The van der Waals surface area contributed by atoms with E-state index >= 15 is 0 Å². The molecule has 180 valence electrons. The Morgan fingerprint density at radius 1 is 0.812 bits per heavy atom. The number of piperazine rings is 2. The molecule has 4 heterocycles. The molecule has 15 heteroatoms. The number of likely N-dealkylation sites (N-methyl/N-ethyl adjacent to an activating group) is 2. The van der Waals surface area contributed by atoms with Gasteiger partial charge in [-0.05, 0) is 14.1 Å². The highest BCUT2D eigenvalue weighted by Gasteiger charge is 2.27. The molecule has 0 aromatic carbocycles. The number of anilines is 2. The van der Waals surface area contributed by atoms with Crippen molar-refractivity contribution in [3.63, 3.8) is 0 Å². The molecule has 0 N–H and O–H groups in total. The second-order valence-corrected chi connectivity index (χ2v) is 10.1. The van der Waals surface area contributed by atoms with Crippen LogP contribution in [0, 0.1) is 0 Å². The quantitative estimate of drug-likeness (QED) is 0.542. The zero-order valence-electron chi connectivity index (χ0n) is 17.9. The number of halogens is 4. The maximum Gasteiger partial charge on any atom is 0.389 e. The Hall–Kier alpha value is -0.930. The Labute approximate surface area is 203 Å². The summed E-state index contributed by atoms with van der Waals surface area (Å²) in [6.45, 7) is 7.66. The number of aromatic nitrogens is 4. The third-order valence-corrected chi connectivity index (χ3v) is 7.57. The second kappa shape index (κ2) is 12.0. The van der Waals surface area contributed by atoms with Crippen molar-refractivity contribution in [1.29, 1.82) is 0 Å². The van der Waals surface area contributed by atoms with E-state index in [4.69, 9.17) is 11.6 Å². The van der Waals surface area contributed by atoms with Crippen molar-refractivity contribution in [3.8, 4) is 0 Å². The van der Waals surface area contributed by atoms with Crippen LogP contribution in [-0.4, -0.2) is 106 Å². The first-order valence-corrected chi connectivity index (χ1v) is 12.9. The molecule has 2 aliphatic rings. The van der Waals surface area contributed by atoms with Gasteiger partial charge in [0, 0.05) is 58.1 Å². The van der Waals surface area contributed by atoms with E-state index in [1.807, 2.05) is 0 Å². The van der Waals surface area contributed by atoms with E-state index in [2.05, 4.69) is 51.2 Å². The van der Waals surface area contributed by atoms with Crippen molar-refractivity contribution < 1.29 is 13.2 Å². The van der Waals surface area contributed by atoms with Crippen LogP contribution >= 0.6 is 46.8 Å². The Morgan fingerprint density at radius 3 is 1.81 bits per heavy atom. The van der Waals surface area contributed by atoms with Gasteiger partial charge in [-0.3, -0.25) is 0 Å². The van der Waals surface area contributed by atoms with Crippen molar-refractivity contribution >= 4 is 58.5 Å². The number of thioether (sulfide) groups is 1. The largest absolute Gasteiger partial charge is 0.389 e. The lowest BCUT2D eigenvalue weighted by molar-refractivity contribution is -0.129. The maximum absolute atomic E-state index is 12.1. The van der Waals surface area contributed by atoms with Crippen molar-refractivity contribution in [1.82, 2.24) is 27.3 Å². The Bertz CT molecular complexity index is 820. The van der Waals surface area contributed by atoms with Crippen LogP contribution in [-0.2, 0) is 0 Å². The summed E-state index contributed by atoms with van der Waals surface area (Å²) in [5.41, 5.74) is 0. The van der Waals surface area contributed by atoms with Crippen molar-refractivity contribution in [2.75, 3.05) is 82.0 Å². The van der Waals surface area contributed by atoms with Crippen LogP contribution in [0.1, 0.15) is 6.42 Å². The summed E-state index contributed by atoms with van der Waals surface area (Å²) in [6.07, 6.45) is -4.90. The fraction of sp³-hybridized carbons (Fsp3) is 0.765. The number of alkyl halides is 3. The summed E-state index contributed by atoms with van der Waals surface area (Å²) in [6, 6.07) is 0. The van der Waals surface area contributed by atoms with E-state index in [9.17, 15) is 13.2 Å². The Kier molecular flexibility index (Phi) is 9.61. The molecule has 2 fully saturated rings. The average Bonchev–Trinajstić information content (AvgIpc) is 3.38. The molecule has 32 heavy (non-hydrogen) atoms. The van der Waals surface area contributed by atoms with Gasteiger partial charge in [0.15, 0.2) is 21.8 Å². The van der Waals surface area contributed by atoms with E-state index in [1.165, 1.54) is 11.7 Å². The van der Waals surface area contributed by atoms with Gasteiger partial charge in [0.25, 0.3) is 0 Å². The van der Waals surface area contributed by atoms with E-state index in [-0.39, 0.29) is 5.75 Å². The minimum Gasteiger partial charge on any atom is -0.351 e. The summed E-state index contributed by atoms with van der Waals surface area (Å²) in [4.78, 5) is 8.79. The highest BCUT2D eigenvalue weighted by molar-refractivity contribution is 7.99. The van der Waals surface area contributed by atoms with Crippen LogP contribution in [0.5, 0.6) is 0 Å². The first kappa shape index (κ1) is 25.7. The standard InChI is InChI=1S/C10H15F3N4S2.C7H11ClN4S/c1-16-3-5-17(6-4-16)8-9(15-19-14-8)18-7-2-10(11,12)13;1-11-2-4-12(5-3-11)7-6(8)9-13-10-7/h2-7H2,1H3;2-5H2,1H3. The average molecular weight is 531 g/mol. The van der Waals surface area contributed by atoms with Gasteiger partial charge in [0.05, 0.1) is 29.9 Å². The molecule has 0 amide bonds. The molecule has 4 rings (SSSR count). The zero-order chi connectivity index (χ0) is 23.1. The second-order valence-electron chi connectivity index (χ2n) is 7.57. The van der Waals surface area contributed by atoms with Gasteiger partial charge in [-0.25, -0.2) is 0 Å². The van der Waals surface area contributed by atoms with Crippen LogP contribution in [0.4, 0.5) is 24.8 Å². The van der Waals surface area contributed by atoms with Gasteiger partial charge in [-0.1, -0.05) is 11.6 Å². The van der Waals surface area contributed by atoms with Gasteiger partial charge in [0.2, 0.25) is 0 Å². The number of hydrogen-bond donors (Lipinski definition) is 0. The third kappa shape index (κ3) is 7.83. The van der Waals surface area contributed by atoms with E-state index in [0.29, 0.717) is 10.2 Å². The molecule has 2 aromatic rings. The number of rotatable bonds is 5. The van der Waals surface area contributed by atoms with Crippen LogP contribution < -0.4 is 9.80 Å². The van der Waals surface area contributed by atoms with Gasteiger partial charge >= 0.3 is 6.18 Å². The Balaban J connectivity index is 0.000000193. The molecule has 8 nitrogen and oxygen atoms in total. The number of hydrogen-bond acceptors (Lipinski definition) is 11. The lowest BCUT2D eigenvalue weighted by atomic mass is 10.3. The molecule has 0 bridgehead atoms. The Morgan fingerprint density at radius 2 is 1.31 bits per heavy atom. The fourth-order valence-electron chi connectivity index (χ4n) is 3.12. The maximum atomic E-state index is 12.1. The topological polar surface area (TPSA) is 64.5 Å². The van der Waals surface area contributed by atoms with Crippen molar-refractivity contribution in [3.05, 3.63) is 5.15 Å². The summed E-state index contributed by atoms with van der Waals surface area (Å²) in [7, 11) is 4.17. The molecular formula is C17H26ClF3N8S3. The molecule has 0 unspecified atom stereocenters. The van der Waals surface area contributed by atoms with Gasteiger partial charge in [-0.15, -0.1) is 11.8 Å². The van der Waals surface area contributed by atoms with Crippen LogP contribution in [0.15, 0.2) is 5.03 Å². The molecular weight excluding hydrogens is 505 g/mol. The lowest BCUT2D eigenvalue weighted by Gasteiger charge is -2.32. The van der Waals surface area contributed by atoms with E-state index in [1.54, 1.807) is 0 Å². The zero-order valence-corrected chi connectivity index (χ0v) is 21.1. The fourth-order valence-corrected chi connectivity index (χ4v) is 5.57. The lowest BCUT2D eigenvalue weighted by Crippen LogP contribution is -2.44. The molecule has 0 aliphatic carbocycles.